The van der Waals surface area contributed by atoms with Crippen LogP contribution < -0.4 is 5.32 Å². The fourth-order valence-corrected chi connectivity index (χ4v) is 1.71. The maximum atomic E-state index is 6.05. The van der Waals surface area contributed by atoms with Crippen molar-refractivity contribution in [3.63, 3.8) is 0 Å². The largest absolute Gasteiger partial charge is 0.310 e. The van der Waals surface area contributed by atoms with Crippen LogP contribution in [0.15, 0.2) is 6.07 Å². The SMILES string of the molecule is CCc1cc(CNCC(Cl)CC)n(CC)n1. The van der Waals surface area contributed by atoms with Crippen molar-refractivity contribution in [2.24, 2.45) is 0 Å². The molecule has 92 valence electrons. The Kier molecular flexibility index (Phi) is 5.85. The maximum Gasteiger partial charge on any atom is 0.0625 e. The summed E-state index contributed by atoms with van der Waals surface area (Å²) in [4.78, 5) is 0. The van der Waals surface area contributed by atoms with Gasteiger partial charge in [0.25, 0.3) is 0 Å². The van der Waals surface area contributed by atoms with E-state index in [4.69, 9.17) is 11.6 Å². The Morgan fingerprint density at radius 3 is 2.75 bits per heavy atom. The molecule has 0 spiro atoms. The number of rotatable bonds is 7. The van der Waals surface area contributed by atoms with Crippen molar-refractivity contribution in [1.82, 2.24) is 15.1 Å². The molecule has 0 aliphatic heterocycles. The Morgan fingerprint density at radius 1 is 1.44 bits per heavy atom. The highest BCUT2D eigenvalue weighted by molar-refractivity contribution is 6.20. The van der Waals surface area contributed by atoms with Gasteiger partial charge in [0.05, 0.1) is 11.4 Å². The summed E-state index contributed by atoms with van der Waals surface area (Å²) in [7, 11) is 0. The van der Waals surface area contributed by atoms with Crippen molar-refractivity contribution < 1.29 is 0 Å². The van der Waals surface area contributed by atoms with Crippen LogP contribution in [0.1, 0.15) is 38.6 Å². The zero-order valence-electron chi connectivity index (χ0n) is 10.5. The van der Waals surface area contributed by atoms with Gasteiger partial charge in [-0.2, -0.15) is 5.10 Å². The van der Waals surface area contributed by atoms with E-state index < -0.39 is 0 Å². The van der Waals surface area contributed by atoms with Crippen molar-refractivity contribution in [2.75, 3.05) is 6.54 Å². The second-order valence-electron chi connectivity index (χ2n) is 3.93. The van der Waals surface area contributed by atoms with Gasteiger partial charge in [-0.1, -0.05) is 13.8 Å². The second kappa shape index (κ2) is 6.92. The third kappa shape index (κ3) is 3.80. The van der Waals surface area contributed by atoms with E-state index in [0.717, 1.165) is 38.2 Å². The van der Waals surface area contributed by atoms with Crippen LogP contribution in [0.5, 0.6) is 0 Å². The van der Waals surface area contributed by atoms with Gasteiger partial charge in [0.15, 0.2) is 0 Å². The number of aromatic nitrogens is 2. The van der Waals surface area contributed by atoms with Gasteiger partial charge >= 0.3 is 0 Å². The molecule has 1 unspecified atom stereocenters. The highest BCUT2D eigenvalue weighted by Gasteiger charge is 2.06. The molecule has 0 saturated heterocycles. The Labute approximate surface area is 103 Å². The van der Waals surface area contributed by atoms with E-state index in [9.17, 15) is 0 Å². The molecule has 0 aliphatic rings. The summed E-state index contributed by atoms with van der Waals surface area (Å²) in [6.45, 7) is 8.98. The first kappa shape index (κ1) is 13.5. The van der Waals surface area contributed by atoms with Crippen molar-refractivity contribution in [2.45, 2.75) is 52.1 Å². The second-order valence-corrected chi connectivity index (χ2v) is 4.55. The Morgan fingerprint density at radius 2 is 2.19 bits per heavy atom. The van der Waals surface area contributed by atoms with Crippen molar-refractivity contribution in [1.29, 1.82) is 0 Å². The summed E-state index contributed by atoms with van der Waals surface area (Å²) >= 11 is 6.05. The van der Waals surface area contributed by atoms with E-state index in [2.05, 4.69) is 41.9 Å². The zero-order chi connectivity index (χ0) is 12.0. The zero-order valence-corrected chi connectivity index (χ0v) is 11.2. The fourth-order valence-electron chi connectivity index (χ4n) is 1.61. The molecule has 0 bridgehead atoms. The van der Waals surface area contributed by atoms with Gasteiger partial charge in [-0.05, 0) is 25.8 Å². The highest BCUT2D eigenvalue weighted by atomic mass is 35.5. The van der Waals surface area contributed by atoms with Crippen LogP contribution >= 0.6 is 11.6 Å². The normalized spacial score (nSPS) is 13.0. The molecule has 1 aromatic rings. The lowest BCUT2D eigenvalue weighted by molar-refractivity contribution is 0.570. The average molecular weight is 244 g/mol. The standard InChI is InChI=1S/C12H22ClN3/c1-4-10(13)8-14-9-12-7-11(5-2)15-16(12)6-3/h7,10,14H,4-6,8-9H2,1-3H3. The van der Waals surface area contributed by atoms with Crippen molar-refractivity contribution >= 4 is 11.6 Å². The molecule has 0 amide bonds. The number of hydrogen-bond acceptors (Lipinski definition) is 2. The molecule has 0 aliphatic carbocycles. The lowest BCUT2D eigenvalue weighted by Gasteiger charge is -2.09. The number of nitrogens with one attached hydrogen (secondary N) is 1. The first-order chi connectivity index (χ1) is 7.71. The molecular formula is C12H22ClN3. The number of hydrogen-bond donors (Lipinski definition) is 1. The van der Waals surface area contributed by atoms with E-state index in [-0.39, 0.29) is 5.38 Å². The summed E-state index contributed by atoms with van der Waals surface area (Å²) in [6.07, 6.45) is 1.99. The van der Waals surface area contributed by atoms with Crippen LogP contribution in [0.25, 0.3) is 0 Å². The molecule has 4 heteroatoms. The van der Waals surface area contributed by atoms with Crippen molar-refractivity contribution in [3.8, 4) is 0 Å². The summed E-state index contributed by atoms with van der Waals surface area (Å²) in [5.41, 5.74) is 2.41. The van der Waals surface area contributed by atoms with Gasteiger partial charge in [0.2, 0.25) is 0 Å². The summed E-state index contributed by atoms with van der Waals surface area (Å²) in [5, 5.41) is 8.11. The van der Waals surface area contributed by atoms with E-state index >= 15 is 0 Å². The average Bonchev–Trinajstić information content (AvgIpc) is 2.71. The lowest BCUT2D eigenvalue weighted by Crippen LogP contribution is -2.23. The predicted octanol–water partition coefficient (Wildman–Crippen LogP) is 2.57. The molecule has 1 rings (SSSR count). The van der Waals surface area contributed by atoms with E-state index in [0.29, 0.717) is 0 Å². The fraction of sp³-hybridized carbons (Fsp3) is 0.750. The van der Waals surface area contributed by atoms with E-state index in [1.807, 2.05) is 0 Å². The number of alkyl halides is 1. The van der Waals surface area contributed by atoms with Crippen LogP contribution in [0.3, 0.4) is 0 Å². The minimum Gasteiger partial charge on any atom is -0.310 e. The molecule has 0 saturated carbocycles. The monoisotopic (exact) mass is 243 g/mol. The molecular weight excluding hydrogens is 222 g/mol. The Bertz CT molecular complexity index is 309. The van der Waals surface area contributed by atoms with E-state index in [1.165, 1.54) is 5.69 Å². The maximum absolute atomic E-state index is 6.05. The summed E-state index contributed by atoms with van der Waals surface area (Å²) < 4.78 is 2.06. The number of nitrogens with zero attached hydrogens (tertiary/aromatic N) is 2. The first-order valence-electron chi connectivity index (χ1n) is 6.11. The van der Waals surface area contributed by atoms with Crippen LogP contribution in [0.4, 0.5) is 0 Å². The third-order valence-electron chi connectivity index (χ3n) is 2.69. The van der Waals surface area contributed by atoms with Gasteiger partial charge in [0.1, 0.15) is 0 Å². The van der Waals surface area contributed by atoms with Gasteiger partial charge in [-0.3, -0.25) is 4.68 Å². The van der Waals surface area contributed by atoms with Crippen LogP contribution in [0.2, 0.25) is 0 Å². The Hall–Kier alpha value is -0.540. The summed E-state index contributed by atoms with van der Waals surface area (Å²) in [5.74, 6) is 0. The minimum absolute atomic E-state index is 0.226. The molecule has 16 heavy (non-hydrogen) atoms. The Balaban J connectivity index is 2.49. The minimum atomic E-state index is 0.226. The molecule has 1 heterocycles. The van der Waals surface area contributed by atoms with Crippen molar-refractivity contribution in [3.05, 3.63) is 17.5 Å². The predicted molar refractivity (Wildman–Crippen MR) is 68.9 cm³/mol. The molecule has 0 fully saturated rings. The number of aryl methyl sites for hydroxylation is 2. The molecule has 0 radical (unpaired) electrons. The smallest absolute Gasteiger partial charge is 0.0625 e. The highest BCUT2D eigenvalue weighted by Crippen LogP contribution is 2.06. The van der Waals surface area contributed by atoms with Crippen LogP contribution in [-0.4, -0.2) is 21.7 Å². The number of halogens is 1. The lowest BCUT2D eigenvalue weighted by atomic mass is 10.3. The molecule has 1 aromatic heterocycles. The van der Waals surface area contributed by atoms with E-state index in [1.54, 1.807) is 0 Å². The molecule has 1 N–H and O–H groups in total. The first-order valence-corrected chi connectivity index (χ1v) is 6.55. The molecule has 1 atom stereocenters. The van der Waals surface area contributed by atoms with Gasteiger partial charge in [0, 0.05) is 25.0 Å². The van der Waals surface area contributed by atoms with Gasteiger partial charge in [-0.25, -0.2) is 0 Å². The third-order valence-corrected chi connectivity index (χ3v) is 3.15. The van der Waals surface area contributed by atoms with Gasteiger partial charge in [-0.15, -0.1) is 11.6 Å². The van der Waals surface area contributed by atoms with Gasteiger partial charge < -0.3 is 5.32 Å². The molecule has 0 aromatic carbocycles. The van der Waals surface area contributed by atoms with Crippen LogP contribution in [-0.2, 0) is 19.5 Å². The molecule has 3 nitrogen and oxygen atoms in total. The van der Waals surface area contributed by atoms with Crippen LogP contribution in [0, 0.1) is 0 Å². The summed E-state index contributed by atoms with van der Waals surface area (Å²) in [6, 6.07) is 2.17. The quantitative estimate of drug-likeness (QED) is 0.746. The topological polar surface area (TPSA) is 29.9 Å².